The lowest BCUT2D eigenvalue weighted by molar-refractivity contribution is 0.428. The summed E-state index contributed by atoms with van der Waals surface area (Å²) < 4.78 is 0. The number of rotatable bonds is 23. The highest BCUT2D eigenvalue weighted by Gasteiger charge is 2.12. The van der Waals surface area contributed by atoms with Gasteiger partial charge in [-0.05, 0) is 38.8 Å². The molecule has 0 aromatic carbocycles. The van der Waals surface area contributed by atoms with Gasteiger partial charge in [0.1, 0.15) is 0 Å². The zero-order valence-electron chi connectivity index (χ0n) is 19.0. The van der Waals surface area contributed by atoms with Crippen LogP contribution in [0.1, 0.15) is 128 Å². The fraction of sp³-hybridized carbons (Fsp3) is 1.00. The minimum atomic E-state index is 0.193. The van der Waals surface area contributed by atoms with Crippen molar-refractivity contribution in [2.75, 3.05) is 13.1 Å². The molecule has 0 aromatic rings. The summed E-state index contributed by atoms with van der Waals surface area (Å²) >= 11 is 0. The lowest BCUT2D eigenvalue weighted by Gasteiger charge is -2.19. The van der Waals surface area contributed by atoms with Gasteiger partial charge in [0.2, 0.25) is 0 Å². The van der Waals surface area contributed by atoms with Crippen LogP contribution in [0.2, 0.25) is 0 Å². The first kappa shape index (κ1) is 27.8. The fourth-order valence-corrected chi connectivity index (χ4v) is 3.95. The van der Waals surface area contributed by atoms with Gasteiger partial charge in [0.25, 0.3) is 0 Å². The second-order valence-corrected chi connectivity index (χ2v) is 8.85. The number of nitrogens with two attached hydrogens (primary N) is 4. The second-order valence-electron chi connectivity index (χ2n) is 8.85. The summed E-state index contributed by atoms with van der Waals surface area (Å²) in [7, 11) is 0. The monoisotopic (exact) mass is 398 g/mol. The van der Waals surface area contributed by atoms with E-state index in [9.17, 15) is 0 Å². The topological polar surface area (TPSA) is 104 Å². The van der Waals surface area contributed by atoms with Gasteiger partial charge >= 0.3 is 0 Å². The molecule has 8 N–H and O–H groups in total. The van der Waals surface area contributed by atoms with Crippen LogP contribution in [-0.4, -0.2) is 25.2 Å². The highest BCUT2D eigenvalue weighted by atomic mass is 14.8. The average molecular weight is 399 g/mol. The van der Waals surface area contributed by atoms with E-state index in [0.29, 0.717) is 0 Å². The summed E-state index contributed by atoms with van der Waals surface area (Å²) in [4.78, 5) is 0. The van der Waals surface area contributed by atoms with Gasteiger partial charge in [-0.15, -0.1) is 0 Å². The number of hydrogen-bond donors (Lipinski definition) is 4. The Labute approximate surface area is 176 Å². The Kier molecular flexibility index (Phi) is 23.0. The molecule has 28 heavy (non-hydrogen) atoms. The summed E-state index contributed by atoms with van der Waals surface area (Å²) in [6.45, 7) is 1.69. The lowest BCUT2D eigenvalue weighted by atomic mass is 9.96. The van der Waals surface area contributed by atoms with Gasteiger partial charge in [-0.1, -0.05) is 103 Å². The first-order valence-corrected chi connectivity index (χ1v) is 12.6. The minimum absolute atomic E-state index is 0.193. The van der Waals surface area contributed by atoms with Crippen LogP contribution in [-0.2, 0) is 0 Å². The molecule has 0 amide bonds. The van der Waals surface area contributed by atoms with Crippen molar-refractivity contribution in [2.45, 2.75) is 141 Å². The molecule has 0 radical (unpaired) electrons. The van der Waals surface area contributed by atoms with E-state index in [1.165, 1.54) is 116 Å². The Bertz CT molecular complexity index is 258. The molecule has 170 valence electrons. The highest BCUT2D eigenvalue weighted by Crippen LogP contribution is 2.14. The molecular weight excluding hydrogens is 344 g/mol. The molecule has 0 fully saturated rings. The van der Waals surface area contributed by atoms with Gasteiger partial charge < -0.3 is 22.9 Å². The van der Waals surface area contributed by atoms with Crippen molar-refractivity contribution in [1.29, 1.82) is 0 Å². The molecule has 4 heteroatoms. The summed E-state index contributed by atoms with van der Waals surface area (Å²) in [5.74, 6) is 0. The summed E-state index contributed by atoms with van der Waals surface area (Å²) in [5, 5.41) is 0. The summed E-state index contributed by atoms with van der Waals surface area (Å²) in [6, 6.07) is 0.387. The SMILES string of the molecule is NCCCCCCCCCCCC(N)C(N)CCCCCCCCCCCN. The van der Waals surface area contributed by atoms with E-state index in [4.69, 9.17) is 22.9 Å². The van der Waals surface area contributed by atoms with Crippen molar-refractivity contribution in [3.8, 4) is 0 Å². The van der Waals surface area contributed by atoms with Crippen molar-refractivity contribution in [1.82, 2.24) is 0 Å². The molecule has 0 saturated carbocycles. The Balaban J connectivity index is 3.30. The van der Waals surface area contributed by atoms with E-state index in [0.717, 1.165) is 25.9 Å². The zero-order chi connectivity index (χ0) is 20.7. The van der Waals surface area contributed by atoms with Crippen molar-refractivity contribution < 1.29 is 0 Å². The predicted molar refractivity (Wildman–Crippen MR) is 126 cm³/mol. The maximum atomic E-state index is 6.30. The van der Waals surface area contributed by atoms with Crippen LogP contribution in [0, 0.1) is 0 Å². The molecule has 0 rings (SSSR count). The van der Waals surface area contributed by atoms with E-state index in [-0.39, 0.29) is 12.1 Å². The van der Waals surface area contributed by atoms with Gasteiger partial charge in [-0.3, -0.25) is 0 Å². The van der Waals surface area contributed by atoms with Gasteiger partial charge in [-0.2, -0.15) is 0 Å². The standard InChI is InChI=1S/C24H54N4/c25-21-17-13-9-5-1-3-7-11-15-19-23(27)24(28)20-16-12-8-4-2-6-10-14-18-22-26/h23-24H,1-22,25-28H2. The van der Waals surface area contributed by atoms with E-state index < -0.39 is 0 Å². The summed E-state index contributed by atoms with van der Waals surface area (Å²) in [5.41, 5.74) is 23.6. The molecule has 0 bridgehead atoms. The Hall–Kier alpha value is -0.160. The van der Waals surface area contributed by atoms with Crippen molar-refractivity contribution in [3.63, 3.8) is 0 Å². The maximum absolute atomic E-state index is 6.30. The Morgan fingerprint density at radius 3 is 0.786 bits per heavy atom. The smallest absolute Gasteiger partial charge is 0.0192 e. The Morgan fingerprint density at radius 2 is 0.536 bits per heavy atom. The van der Waals surface area contributed by atoms with Crippen LogP contribution in [0.15, 0.2) is 0 Å². The predicted octanol–water partition coefficient (Wildman–Crippen LogP) is 5.36. The van der Waals surface area contributed by atoms with Crippen molar-refractivity contribution >= 4 is 0 Å². The Morgan fingerprint density at radius 1 is 0.321 bits per heavy atom. The first-order chi connectivity index (χ1) is 13.7. The molecule has 0 aromatic heterocycles. The van der Waals surface area contributed by atoms with Crippen LogP contribution >= 0.6 is 0 Å². The molecule has 0 spiro atoms. The largest absolute Gasteiger partial charge is 0.330 e. The number of unbranched alkanes of at least 4 members (excludes halogenated alkanes) is 16. The van der Waals surface area contributed by atoms with Crippen molar-refractivity contribution in [3.05, 3.63) is 0 Å². The molecule has 4 nitrogen and oxygen atoms in total. The minimum Gasteiger partial charge on any atom is -0.330 e. The summed E-state index contributed by atoms with van der Waals surface area (Å²) in [6.07, 6.45) is 26.0. The third kappa shape index (κ3) is 20.6. The van der Waals surface area contributed by atoms with Gasteiger partial charge in [0.15, 0.2) is 0 Å². The van der Waals surface area contributed by atoms with E-state index in [2.05, 4.69) is 0 Å². The maximum Gasteiger partial charge on any atom is 0.0192 e. The second kappa shape index (κ2) is 23.1. The lowest BCUT2D eigenvalue weighted by Crippen LogP contribution is -2.41. The van der Waals surface area contributed by atoms with Crippen LogP contribution in [0.25, 0.3) is 0 Å². The zero-order valence-corrected chi connectivity index (χ0v) is 19.0. The molecular formula is C24H54N4. The fourth-order valence-electron chi connectivity index (χ4n) is 3.95. The van der Waals surface area contributed by atoms with Gasteiger partial charge in [0, 0.05) is 12.1 Å². The quantitative estimate of drug-likeness (QED) is 0.174. The molecule has 0 saturated heterocycles. The van der Waals surface area contributed by atoms with E-state index >= 15 is 0 Å². The highest BCUT2D eigenvalue weighted by molar-refractivity contribution is 4.75. The molecule has 2 atom stereocenters. The molecule has 2 unspecified atom stereocenters. The van der Waals surface area contributed by atoms with Crippen molar-refractivity contribution in [2.24, 2.45) is 22.9 Å². The van der Waals surface area contributed by atoms with E-state index in [1.807, 2.05) is 0 Å². The third-order valence-electron chi connectivity index (χ3n) is 6.03. The molecule has 0 aliphatic rings. The first-order valence-electron chi connectivity index (χ1n) is 12.6. The van der Waals surface area contributed by atoms with Crippen LogP contribution < -0.4 is 22.9 Å². The molecule has 0 aliphatic carbocycles. The van der Waals surface area contributed by atoms with E-state index in [1.54, 1.807) is 0 Å². The third-order valence-corrected chi connectivity index (χ3v) is 6.03. The average Bonchev–Trinajstić information content (AvgIpc) is 2.70. The number of hydrogen-bond acceptors (Lipinski definition) is 4. The molecule has 0 aliphatic heterocycles. The molecule has 0 heterocycles. The van der Waals surface area contributed by atoms with Gasteiger partial charge in [0.05, 0.1) is 0 Å². The van der Waals surface area contributed by atoms with Gasteiger partial charge in [-0.25, -0.2) is 0 Å². The van der Waals surface area contributed by atoms with Crippen LogP contribution in [0.5, 0.6) is 0 Å². The van der Waals surface area contributed by atoms with Crippen LogP contribution in [0.4, 0.5) is 0 Å². The normalized spacial score (nSPS) is 13.7. The van der Waals surface area contributed by atoms with Crippen LogP contribution in [0.3, 0.4) is 0 Å².